The molecule has 0 N–H and O–H groups in total. The minimum absolute atomic E-state index is 0.138. The highest BCUT2D eigenvalue weighted by Crippen LogP contribution is 2.21. The van der Waals surface area contributed by atoms with E-state index in [9.17, 15) is 9.59 Å². The fourth-order valence-corrected chi connectivity index (χ4v) is 2.63. The van der Waals surface area contributed by atoms with Gasteiger partial charge in [0.25, 0.3) is 0 Å². The molecule has 1 amide bonds. The van der Waals surface area contributed by atoms with Crippen LogP contribution in [0.15, 0.2) is 0 Å². The average Bonchev–Trinajstić information content (AvgIpc) is 2.42. The maximum absolute atomic E-state index is 12.2. The highest BCUT2D eigenvalue weighted by molar-refractivity contribution is 5.80. The van der Waals surface area contributed by atoms with Crippen LogP contribution in [0.3, 0.4) is 0 Å². The second-order valence-corrected chi connectivity index (χ2v) is 7.82. The number of nitrogens with zero attached hydrogens (tertiary/aromatic N) is 2. The molecular formula is C17H32N2O3. The second kappa shape index (κ2) is 7.95. The van der Waals surface area contributed by atoms with Gasteiger partial charge in [0.1, 0.15) is 6.04 Å². The van der Waals surface area contributed by atoms with Crippen molar-refractivity contribution >= 4 is 11.9 Å². The Labute approximate surface area is 135 Å². The summed E-state index contributed by atoms with van der Waals surface area (Å²) in [5.74, 6) is 0.235. The number of methoxy groups -OCH3 is 1. The molecule has 0 aromatic rings. The Bertz CT molecular complexity index is 388. The van der Waals surface area contributed by atoms with E-state index in [1.807, 2.05) is 18.7 Å². The zero-order chi connectivity index (χ0) is 16.9. The third-order valence-electron chi connectivity index (χ3n) is 4.05. The number of rotatable bonds is 5. The standard InChI is InChI=1S/C17H32N2O3/c1-13(2)11-15(20)19-10-9-18(8-7-17(3,4)5)14(12-19)16(21)22-6/h13-14H,7-12H2,1-6H3. The van der Waals surface area contributed by atoms with Crippen LogP contribution in [0.25, 0.3) is 0 Å². The predicted molar refractivity (Wildman–Crippen MR) is 87.5 cm³/mol. The van der Waals surface area contributed by atoms with Crippen molar-refractivity contribution in [2.45, 2.75) is 53.5 Å². The van der Waals surface area contributed by atoms with Crippen LogP contribution in [0.4, 0.5) is 0 Å². The monoisotopic (exact) mass is 312 g/mol. The fraction of sp³-hybridized carbons (Fsp3) is 0.882. The molecule has 1 fully saturated rings. The summed E-state index contributed by atoms with van der Waals surface area (Å²) in [5.41, 5.74) is 0.227. The molecule has 0 saturated carbocycles. The number of esters is 1. The van der Waals surface area contributed by atoms with Crippen LogP contribution < -0.4 is 0 Å². The quantitative estimate of drug-likeness (QED) is 0.730. The topological polar surface area (TPSA) is 49.9 Å². The summed E-state index contributed by atoms with van der Waals surface area (Å²) < 4.78 is 4.94. The molecule has 5 heteroatoms. The van der Waals surface area contributed by atoms with E-state index in [0.29, 0.717) is 25.4 Å². The van der Waals surface area contributed by atoms with Gasteiger partial charge < -0.3 is 9.64 Å². The Hall–Kier alpha value is -1.10. The van der Waals surface area contributed by atoms with Gasteiger partial charge in [-0.3, -0.25) is 14.5 Å². The van der Waals surface area contributed by atoms with Gasteiger partial charge in [-0.15, -0.1) is 0 Å². The summed E-state index contributed by atoms with van der Waals surface area (Å²) >= 11 is 0. The van der Waals surface area contributed by atoms with Gasteiger partial charge in [-0.1, -0.05) is 34.6 Å². The highest BCUT2D eigenvalue weighted by atomic mass is 16.5. The maximum atomic E-state index is 12.2. The van der Waals surface area contributed by atoms with Gasteiger partial charge in [-0.05, 0) is 24.3 Å². The van der Waals surface area contributed by atoms with Crippen molar-refractivity contribution in [3.63, 3.8) is 0 Å². The lowest BCUT2D eigenvalue weighted by Crippen LogP contribution is -2.58. The lowest BCUT2D eigenvalue weighted by molar-refractivity contribution is -0.152. The first-order chi connectivity index (χ1) is 10.1. The van der Waals surface area contributed by atoms with E-state index in [-0.39, 0.29) is 23.3 Å². The summed E-state index contributed by atoms with van der Waals surface area (Å²) in [6.45, 7) is 13.4. The molecule has 1 saturated heterocycles. The average molecular weight is 312 g/mol. The molecule has 1 unspecified atom stereocenters. The number of hydrogen-bond donors (Lipinski definition) is 0. The van der Waals surface area contributed by atoms with Gasteiger partial charge in [0, 0.05) is 26.1 Å². The zero-order valence-electron chi connectivity index (χ0n) is 15.0. The van der Waals surface area contributed by atoms with Crippen molar-refractivity contribution in [1.29, 1.82) is 0 Å². The molecule has 0 aliphatic carbocycles. The first-order valence-electron chi connectivity index (χ1n) is 8.23. The van der Waals surface area contributed by atoms with Crippen molar-refractivity contribution in [3.05, 3.63) is 0 Å². The Morgan fingerprint density at radius 2 is 1.86 bits per heavy atom. The van der Waals surface area contributed by atoms with Crippen molar-refractivity contribution in [2.75, 3.05) is 33.3 Å². The van der Waals surface area contributed by atoms with Crippen LogP contribution in [0.1, 0.15) is 47.5 Å². The summed E-state index contributed by atoms with van der Waals surface area (Å²) in [6, 6.07) is -0.336. The van der Waals surface area contributed by atoms with E-state index in [4.69, 9.17) is 4.74 Å². The van der Waals surface area contributed by atoms with E-state index < -0.39 is 0 Å². The third kappa shape index (κ3) is 5.95. The first-order valence-corrected chi connectivity index (χ1v) is 8.23. The minimum Gasteiger partial charge on any atom is -0.468 e. The van der Waals surface area contributed by atoms with E-state index in [2.05, 4.69) is 25.7 Å². The molecule has 128 valence electrons. The Kier molecular flexibility index (Phi) is 6.85. The number of carbonyl (C=O) groups is 2. The van der Waals surface area contributed by atoms with Crippen molar-refractivity contribution < 1.29 is 14.3 Å². The molecule has 1 heterocycles. The lowest BCUT2D eigenvalue weighted by Gasteiger charge is -2.41. The van der Waals surface area contributed by atoms with Crippen LogP contribution in [-0.2, 0) is 14.3 Å². The Balaban J connectivity index is 2.70. The van der Waals surface area contributed by atoms with Crippen molar-refractivity contribution in [2.24, 2.45) is 11.3 Å². The summed E-state index contributed by atoms with van der Waals surface area (Å²) in [7, 11) is 1.42. The van der Waals surface area contributed by atoms with E-state index in [0.717, 1.165) is 19.5 Å². The molecule has 0 radical (unpaired) electrons. The molecule has 0 aromatic heterocycles. The molecule has 1 aliphatic heterocycles. The third-order valence-corrected chi connectivity index (χ3v) is 4.05. The van der Waals surface area contributed by atoms with Gasteiger partial charge in [0.2, 0.25) is 5.91 Å². The number of ether oxygens (including phenoxy) is 1. The molecule has 5 nitrogen and oxygen atoms in total. The van der Waals surface area contributed by atoms with Crippen molar-refractivity contribution in [3.8, 4) is 0 Å². The maximum Gasteiger partial charge on any atom is 0.324 e. The lowest BCUT2D eigenvalue weighted by atomic mass is 9.91. The fourth-order valence-electron chi connectivity index (χ4n) is 2.63. The molecule has 1 atom stereocenters. The summed E-state index contributed by atoms with van der Waals surface area (Å²) in [6.07, 6.45) is 1.55. The van der Waals surface area contributed by atoms with Gasteiger partial charge in [-0.25, -0.2) is 0 Å². The van der Waals surface area contributed by atoms with E-state index >= 15 is 0 Å². The normalized spacial score (nSPS) is 20.3. The number of carbonyl (C=O) groups excluding carboxylic acids is 2. The van der Waals surface area contributed by atoms with E-state index in [1.54, 1.807) is 0 Å². The van der Waals surface area contributed by atoms with Crippen LogP contribution in [0, 0.1) is 11.3 Å². The Morgan fingerprint density at radius 3 is 2.36 bits per heavy atom. The van der Waals surface area contributed by atoms with Gasteiger partial charge in [0.05, 0.1) is 7.11 Å². The number of piperazine rings is 1. The zero-order valence-corrected chi connectivity index (χ0v) is 15.0. The molecular weight excluding hydrogens is 280 g/mol. The molecule has 0 aromatic carbocycles. The smallest absolute Gasteiger partial charge is 0.324 e. The van der Waals surface area contributed by atoms with Crippen LogP contribution in [0.2, 0.25) is 0 Å². The van der Waals surface area contributed by atoms with Crippen LogP contribution in [0.5, 0.6) is 0 Å². The van der Waals surface area contributed by atoms with Gasteiger partial charge in [-0.2, -0.15) is 0 Å². The minimum atomic E-state index is -0.336. The highest BCUT2D eigenvalue weighted by Gasteiger charge is 2.35. The largest absolute Gasteiger partial charge is 0.468 e. The van der Waals surface area contributed by atoms with Crippen molar-refractivity contribution in [1.82, 2.24) is 9.80 Å². The number of hydrogen-bond acceptors (Lipinski definition) is 4. The summed E-state index contributed by atoms with van der Waals surface area (Å²) in [4.78, 5) is 28.3. The van der Waals surface area contributed by atoms with Crippen LogP contribution >= 0.6 is 0 Å². The first kappa shape index (κ1) is 18.9. The molecule has 0 spiro atoms. The van der Waals surface area contributed by atoms with E-state index in [1.165, 1.54) is 7.11 Å². The second-order valence-electron chi connectivity index (χ2n) is 7.82. The van der Waals surface area contributed by atoms with Gasteiger partial charge >= 0.3 is 5.97 Å². The van der Waals surface area contributed by atoms with Crippen LogP contribution in [-0.4, -0.2) is 61.0 Å². The summed E-state index contributed by atoms with van der Waals surface area (Å²) in [5, 5.41) is 0. The molecule has 1 rings (SSSR count). The predicted octanol–water partition coefficient (Wildman–Crippen LogP) is 2.15. The SMILES string of the molecule is COC(=O)C1CN(C(=O)CC(C)C)CCN1CCC(C)(C)C. The molecule has 1 aliphatic rings. The molecule has 22 heavy (non-hydrogen) atoms. The Morgan fingerprint density at radius 1 is 1.23 bits per heavy atom. The molecule has 0 bridgehead atoms. The number of amides is 1. The van der Waals surface area contributed by atoms with Gasteiger partial charge in [0.15, 0.2) is 0 Å².